The van der Waals surface area contributed by atoms with Crippen molar-refractivity contribution in [3.8, 4) is 17.2 Å². The molecular weight excluding hydrogens is 366 g/mol. The maximum atomic E-state index is 12.3. The number of anilines is 1. The van der Waals surface area contributed by atoms with E-state index in [1.54, 1.807) is 22.9 Å². The lowest BCUT2D eigenvalue weighted by molar-refractivity contribution is -0.113. The summed E-state index contributed by atoms with van der Waals surface area (Å²) in [5.74, 6) is 1.32. The molecule has 2 aromatic carbocycles. The van der Waals surface area contributed by atoms with Crippen LogP contribution in [-0.2, 0) is 4.79 Å². The molecule has 1 aromatic heterocycles. The monoisotopic (exact) mass is 383 g/mol. The Kier molecular flexibility index (Phi) is 4.68. The van der Waals surface area contributed by atoms with Crippen LogP contribution in [-0.4, -0.2) is 38.7 Å². The van der Waals surface area contributed by atoms with E-state index < -0.39 is 0 Å². The minimum Gasteiger partial charge on any atom is -0.454 e. The van der Waals surface area contributed by atoms with Crippen molar-refractivity contribution in [2.75, 3.05) is 17.9 Å². The topological polar surface area (TPSA) is 91.2 Å². The van der Waals surface area contributed by atoms with Crippen LogP contribution in [0, 0.1) is 13.8 Å². The van der Waals surface area contributed by atoms with Gasteiger partial charge >= 0.3 is 0 Å². The summed E-state index contributed by atoms with van der Waals surface area (Å²) in [7, 11) is 0. The highest BCUT2D eigenvalue weighted by Gasteiger charge is 2.15. The van der Waals surface area contributed by atoms with Gasteiger partial charge in [-0.1, -0.05) is 17.8 Å². The Morgan fingerprint density at radius 2 is 2.00 bits per heavy atom. The van der Waals surface area contributed by atoms with E-state index in [1.807, 2.05) is 25.1 Å². The van der Waals surface area contributed by atoms with Crippen molar-refractivity contribution in [1.82, 2.24) is 20.2 Å². The molecule has 27 heavy (non-hydrogen) atoms. The van der Waals surface area contributed by atoms with Gasteiger partial charge in [-0.15, -0.1) is 5.10 Å². The number of hydrogen-bond donors (Lipinski definition) is 1. The molecule has 1 amide bonds. The van der Waals surface area contributed by atoms with Crippen LogP contribution in [0.3, 0.4) is 0 Å². The second-order valence-electron chi connectivity index (χ2n) is 6.05. The van der Waals surface area contributed by atoms with Crippen molar-refractivity contribution in [2.24, 2.45) is 0 Å². The fourth-order valence-electron chi connectivity index (χ4n) is 2.59. The van der Waals surface area contributed by atoms with Gasteiger partial charge in [0, 0.05) is 11.8 Å². The van der Waals surface area contributed by atoms with Crippen LogP contribution in [0.1, 0.15) is 11.1 Å². The van der Waals surface area contributed by atoms with Crippen molar-refractivity contribution in [3.63, 3.8) is 0 Å². The lowest BCUT2D eigenvalue weighted by atomic mass is 10.1. The maximum absolute atomic E-state index is 12.3. The molecule has 0 aliphatic carbocycles. The molecule has 0 saturated carbocycles. The lowest BCUT2D eigenvalue weighted by Crippen LogP contribution is -2.14. The highest BCUT2D eigenvalue weighted by molar-refractivity contribution is 7.99. The van der Waals surface area contributed by atoms with Crippen LogP contribution in [0.2, 0.25) is 0 Å². The molecule has 1 aliphatic heterocycles. The molecule has 9 heteroatoms. The number of rotatable bonds is 5. The Labute approximate surface area is 159 Å². The first-order chi connectivity index (χ1) is 13.1. The van der Waals surface area contributed by atoms with E-state index in [4.69, 9.17) is 9.47 Å². The Morgan fingerprint density at radius 1 is 1.15 bits per heavy atom. The van der Waals surface area contributed by atoms with Gasteiger partial charge in [0.1, 0.15) is 0 Å². The highest BCUT2D eigenvalue weighted by atomic mass is 32.2. The number of aryl methyl sites for hydroxylation is 2. The normalized spacial score (nSPS) is 12.2. The van der Waals surface area contributed by atoms with Crippen LogP contribution in [0.5, 0.6) is 11.5 Å². The zero-order chi connectivity index (χ0) is 18.8. The van der Waals surface area contributed by atoms with Crippen molar-refractivity contribution in [2.45, 2.75) is 19.0 Å². The Morgan fingerprint density at radius 3 is 2.85 bits per heavy atom. The molecule has 0 atom stereocenters. The number of nitrogens with zero attached hydrogens (tertiary/aromatic N) is 4. The van der Waals surface area contributed by atoms with E-state index in [0.717, 1.165) is 11.3 Å². The van der Waals surface area contributed by atoms with Crippen molar-refractivity contribution in [3.05, 3.63) is 47.5 Å². The third-order valence-electron chi connectivity index (χ3n) is 4.16. The number of aromatic nitrogens is 4. The quantitative estimate of drug-likeness (QED) is 0.677. The number of benzene rings is 2. The van der Waals surface area contributed by atoms with E-state index in [1.165, 1.54) is 17.3 Å². The minimum absolute atomic E-state index is 0.159. The molecule has 0 saturated heterocycles. The van der Waals surface area contributed by atoms with Gasteiger partial charge < -0.3 is 14.8 Å². The fraction of sp³-hybridized carbons (Fsp3) is 0.222. The third-order valence-corrected chi connectivity index (χ3v) is 5.08. The number of amides is 1. The second-order valence-corrected chi connectivity index (χ2v) is 6.99. The molecule has 8 nitrogen and oxygen atoms in total. The Hall–Kier alpha value is -3.07. The summed E-state index contributed by atoms with van der Waals surface area (Å²) >= 11 is 1.27. The molecule has 3 aromatic rings. The summed E-state index contributed by atoms with van der Waals surface area (Å²) in [5, 5.41) is 15.2. The molecule has 1 N–H and O–H groups in total. The van der Waals surface area contributed by atoms with Crippen LogP contribution >= 0.6 is 11.8 Å². The number of nitrogens with one attached hydrogen (secondary N) is 1. The average molecular weight is 383 g/mol. The Bertz CT molecular complexity index is 1000. The molecule has 0 bridgehead atoms. The van der Waals surface area contributed by atoms with Gasteiger partial charge in [0.05, 0.1) is 11.4 Å². The molecule has 0 spiro atoms. The SMILES string of the molecule is Cc1ccc(-n2nnnc2SCC(=O)Nc2ccc3c(c2)OCO3)cc1C. The minimum atomic E-state index is -0.159. The third kappa shape index (κ3) is 3.72. The number of carbonyl (C=O) groups is 1. The summed E-state index contributed by atoms with van der Waals surface area (Å²) in [6.07, 6.45) is 0. The van der Waals surface area contributed by atoms with E-state index in [-0.39, 0.29) is 18.5 Å². The first-order valence-electron chi connectivity index (χ1n) is 8.28. The Balaban J connectivity index is 1.41. The summed E-state index contributed by atoms with van der Waals surface area (Å²) in [5.41, 5.74) is 3.86. The summed E-state index contributed by atoms with van der Waals surface area (Å²) in [4.78, 5) is 12.3. The molecule has 4 rings (SSSR count). The van der Waals surface area contributed by atoms with Crippen LogP contribution in [0.15, 0.2) is 41.6 Å². The van der Waals surface area contributed by atoms with Gasteiger partial charge in [-0.3, -0.25) is 4.79 Å². The predicted molar refractivity (Wildman–Crippen MR) is 101 cm³/mol. The molecule has 1 aliphatic rings. The second kappa shape index (κ2) is 7.28. The van der Waals surface area contributed by atoms with Gasteiger partial charge in [-0.25, -0.2) is 0 Å². The number of hydrogen-bond acceptors (Lipinski definition) is 7. The van der Waals surface area contributed by atoms with Crippen molar-refractivity contribution >= 4 is 23.4 Å². The molecule has 0 unspecified atom stereocenters. The van der Waals surface area contributed by atoms with Gasteiger partial charge in [0.2, 0.25) is 17.9 Å². The van der Waals surface area contributed by atoms with Crippen LogP contribution in [0.4, 0.5) is 5.69 Å². The number of fused-ring (bicyclic) bond motifs is 1. The molecule has 0 fully saturated rings. The lowest BCUT2D eigenvalue weighted by Gasteiger charge is -2.08. The van der Waals surface area contributed by atoms with Gasteiger partial charge in [0.15, 0.2) is 11.5 Å². The summed E-state index contributed by atoms with van der Waals surface area (Å²) in [6.45, 7) is 4.29. The number of thioether (sulfide) groups is 1. The number of carbonyl (C=O) groups excluding carboxylic acids is 1. The predicted octanol–water partition coefficient (Wildman–Crippen LogP) is 2.74. The van der Waals surface area contributed by atoms with E-state index in [0.29, 0.717) is 22.3 Å². The largest absolute Gasteiger partial charge is 0.454 e. The highest BCUT2D eigenvalue weighted by Crippen LogP contribution is 2.34. The smallest absolute Gasteiger partial charge is 0.234 e. The van der Waals surface area contributed by atoms with Crippen molar-refractivity contribution < 1.29 is 14.3 Å². The van der Waals surface area contributed by atoms with Crippen molar-refractivity contribution in [1.29, 1.82) is 0 Å². The van der Waals surface area contributed by atoms with Crippen LogP contribution < -0.4 is 14.8 Å². The van der Waals surface area contributed by atoms with Gasteiger partial charge in [-0.05, 0) is 59.7 Å². The van der Waals surface area contributed by atoms with Gasteiger partial charge in [0.25, 0.3) is 0 Å². The molecule has 138 valence electrons. The van der Waals surface area contributed by atoms with E-state index in [2.05, 4.69) is 27.8 Å². The standard InChI is InChI=1S/C18H17N5O3S/c1-11-3-5-14(7-12(11)2)23-18(20-21-22-23)27-9-17(24)19-13-4-6-15-16(8-13)26-10-25-15/h3-8H,9-10H2,1-2H3,(H,19,24). The maximum Gasteiger partial charge on any atom is 0.234 e. The van der Waals surface area contributed by atoms with Crippen LogP contribution in [0.25, 0.3) is 5.69 Å². The first kappa shape index (κ1) is 17.3. The average Bonchev–Trinajstić information content (AvgIpc) is 3.31. The zero-order valence-corrected chi connectivity index (χ0v) is 15.6. The number of ether oxygens (including phenoxy) is 2. The first-order valence-corrected chi connectivity index (χ1v) is 9.27. The fourth-order valence-corrected chi connectivity index (χ4v) is 3.28. The van der Waals surface area contributed by atoms with Gasteiger partial charge in [-0.2, -0.15) is 4.68 Å². The summed E-state index contributed by atoms with van der Waals surface area (Å²) < 4.78 is 12.2. The molecule has 2 heterocycles. The van der Waals surface area contributed by atoms with E-state index in [9.17, 15) is 4.79 Å². The summed E-state index contributed by atoms with van der Waals surface area (Å²) in [6, 6.07) is 11.3. The number of tetrazole rings is 1. The van der Waals surface area contributed by atoms with E-state index >= 15 is 0 Å². The molecule has 0 radical (unpaired) electrons. The molecular formula is C18H17N5O3S. The zero-order valence-electron chi connectivity index (χ0n) is 14.8.